The zero-order valence-corrected chi connectivity index (χ0v) is 20.6. The molecule has 0 aliphatic carbocycles. The molecule has 0 saturated carbocycles. The highest BCUT2D eigenvalue weighted by Gasteiger charge is 2.32. The topological polar surface area (TPSA) is 106 Å². The lowest BCUT2D eigenvalue weighted by molar-refractivity contribution is -0.133. The minimum atomic E-state index is -0.288. The summed E-state index contributed by atoms with van der Waals surface area (Å²) >= 11 is 7.46. The predicted molar refractivity (Wildman–Crippen MR) is 134 cm³/mol. The van der Waals surface area contributed by atoms with Gasteiger partial charge < -0.3 is 14.2 Å². The van der Waals surface area contributed by atoms with E-state index in [1.807, 2.05) is 12.1 Å². The molecule has 2 aliphatic rings. The van der Waals surface area contributed by atoms with Gasteiger partial charge in [0.2, 0.25) is 5.91 Å². The van der Waals surface area contributed by atoms with Crippen LogP contribution in [0.3, 0.4) is 0 Å². The summed E-state index contributed by atoms with van der Waals surface area (Å²) in [4.78, 5) is 47.1. The van der Waals surface area contributed by atoms with Gasteiger partial charge in [-0.2, -0.15) is 5.10 Å². The van der Waals surface area contributed by atoms with Crippen LogP contribution in [-0.4, -0.2) is 72.9 Å². The summed E-state index contributed by atoms with van der Waals surface area (Å²) in [6.07, 6.45) is 3.19. The first-order valence-corrected chi connectivity index (χ1v) is 12.9. The third-order valence-corrected chi connectivity index (χ3v) is 7.85. The summed E-state index contributed by atoms with van der Waals surface area (Å²) in [7, 11) is 0. The van der Waals surface area contributed by atoms with Crippen molar-refractivity contribution in [2.45, 2.75) is 17.6 Å². The summed E-state index contributed by atoms with van der Waals surface area (Å²) in [5, 5.41) is 5.96. The molecule has 10 nitrogen and oxygen atoms in total. The molecule has 2 aliphatic heterocycles. The summed E-state index contributed by atoms with van der Waals surface area (Å²) in [6, 6.07) is 10.2. The van der Waals surface area contributed by atoms with Gasteiger partial charge in [-0.25, -0.2) is 9.67 Å². The van der Waals surface area contributed by atoms with Gasteiger partial charge in [-0.1, -0.05) is 23.4 Å². The van der Waals surface area contributed by atoms with E-state index >= 15 is 0 Å². The number of aromatic nitrogens is 4. The number of furan rings is 1. The molecule has 0 radical (unpaired) electrons. The van der Waals surface area contributed by atoms with Gasteiger partial charge in [-0.15, -0.1) is 0 Å². The molecule has 1 unspecified atom stereocenters. The SMILES string of the molecule is O=C(CC1CSc2nc3c(cnn3-c3ccc(Cl)cc3)c(=O)n21)N1CCN(C(=O)c2ccco2)CC1. The molecule has 184 valence electrons. The molecule has 0 spiro atoms. The van der Waals surface area contributed by atoms with Gasteiger partial charge in [0, 0.05) is 43.4 Å². The number of hydrogen-bond acceptors (Lipinski definition) is 7. The lowest BCUT2D eigenvalue weighted by Crippen LogP contribution is -2.51. The van der Waals surface area contributed by atoms with E-state index in [4.69, 9.17) is 21.0 Å². The molecule has 1 atom stereocenters. The number of carbonyl (C=O) groups excluding carboxylic acids is 2. The van der Waals surface area contributed by atoms with Crippen LogP contribution in [0.5, 0.6) is 0 Å². The average molecular weight is 525 g/mol. The van der Waals surface area contributed by atoms with Gasteiger partial charge in [0.15, 0.2) is 16.6 Å². The van der Waals surface area contributed by atoms with Crippen LogP contribution in [0.1, 0.15) is 23.0 Å². The molecule has 12 heteroatoms. The van der Waals surface area contributed by atoms with E-state index < -0.39 is 0 Å². The minimum absolute atomic E-state index is 0.0394. The van der Waals surface area contributed by atoms with Crippen molar-refractivity contribution in [1.82, 2.24) is 29.1 Å². The number of nitrogens with zero attached hydrogens (tertiary/aromatic N) is 6. The molecule has 3 aromatic heterocycles. The fourth-order valence-corrected chi connectivity index (χ4v) is 5.85. The van der Waals surface area contributed by atoms with Gasteiger partial charge in [0.25, 0.3) is 11.5 Å². The highest BCUT2D eigenvalue weighted by atomic mass is 35.5. The van der Waals surface area contributed by atoms with Crippen LogP contribution >= 0.6 is 23.4 Å². The van der Waals surface area contributed by atoms with Crippen molar-refractivity contribution in [1.29, 1.82) is 0 Å². The lowest BCUT2D eigenvalue weighted by atomic mass is 10.2. The molecule has 0 N–H and O–H groups in total. The summed E-state index contributed by atoms with van der Waals surface area (Å²) in [5.74, 6) is 0.676. The smallest absolute Gasteiger partial charge is 0.289 e. The largest absolute Gasteiger partial charge is 0.459 e. The number of piperazine rings is 1. The Morgan fingerprint density at radius 2 is 1.83 bits per heavy atom. The zero-order valence-electron chi connectivity index (χ0n) is 19.0. The van der Waals surface area contributed by atoms with E-state index in [1.165, 1.54) is 24.2 Å². The highest BCUT2D eigenvalue weighted by Crippen LogP contribution is 2.34. The van der Waals surface area contributed by atoms with Gasteiger partial charge in [0.1, 0.15) is 5.39 Å². The predicted octanol–water partition coefficient (Wildman–Crippen LogP) is 2.85. The van der Waals surface area contributed by atoms with Gasteiger partial charge in [0.05, 0.1) is 24.2 Å². The van der Waals surface area contributed by atoms with E-state index in [1.54, 1.807) is 43.3 Å². The van der Waals surface area contributed by atoms with Crippen LogP contribution in [0.25, 0.3) is 16.7 Å². The first-order valence-electron chi connectivity index (χ1n) is 11.5. The quantitative estimate of drug-likeness (QED) is 0.378. The normalized spacial score (nSPS) is 17.5. The number of rotatable bonds is 4. The molecule has 36 heavy (non-hydrogen) atoms. The van der Waals surface area contributed by atoms with Crippen LogP contribution in [0, 0.1) is 0 Å². The highest BCUT2D eigenvalue weighted by molar-refractivity contribution is 7.99. The number of hydrogen-bond donors (Lipinski definition) is 0. The first-order chi connectivity index (χ1) is 17.5. The van der Waals surface area contributed by atoms with Crippen LogP contribution in [0.2, 0.25) is 5.02 Å². The maximum Gasteiger partial charge on any atom is 0.289 e. The monoisotopic (exact) mass is 524 g/mol. The number of benzene rings is 1. The Balaban J connectivity index is 1.17. The van der Waals surface area contributed by atoms with Crippen LogP contribution in [0.15, 0.2) is 63.2 Å². The Morgan fingerprint density at radius 1 is 1.08 bits per heavy atom. The molecule has 2 amide bonds. The lowest BCUT2D eigenvalue weighted by Gasteiger charge is -2.34. The Labute approximate surface area is 214 Å². The maximum absolute atomic E-state index is 13.4. The van der Waals surface area contributed by atoms with Crippen LogP contribution in [0.4, 0.5) is 0 Å². The summed E-state index contributed by atoms with van der Waals surface area (Å²) in [6.45, 7) is 1.76. The van der Waals surface area contributed by atoms with Gasteiger partial charge >= 0.3 is 0 Å². The van der Waals surface area contributed by atoms with Crippen molar-refractivity contribution < 1.29 is 14.0 Å². The van der Waals surface area contributed by atoms with Crippen molar-refractivity contribution in [3.05, 3.63) is 70.0 Å². The average Bonchev–Trinajstić information content (AvgIpc) is 3.65. The number of amides is 2. The molecule has 1 aromatic carbocycles. The molecule has 5 heterocycles. The first kappa shape index (κ1) is 22.9. The Morgan fingerprint density at radius 3 is 2.56 bits per heavy atom. The van der Waals surface area contributed by atoms with Gasteiger partial charge in [-0.3, -0.25) is 19.0 Å². The van der Waals surface area contributed by atoms with E-state index in [0.717, 1.165) is 5.69 Å². The summed E-state index contributed by atoms with van der Waals surface area (Å²) in [5.41, 5.74) is 1.03. The van der Waals surface area contributed by atoms with Gasteiger partial charge in [-0.05, 0) is 36.4 Å². The van der Waals surface area contributed by atoms with E-state index in [2.05, 4.69) is 5.10 Å². The molecule has 4 aromatic rings. The van der Waals surface area contributed by atoms with Crippen molar-refractivity contribution in [3.63, 3.8) is 0 Å². The third kappa shape index (κ3) is 3.97. The Hall–Kier alpha value is -3.57. The van der Waals surface area contributed by atoms with E-state index in [0.29, 0.717) is 58.9 Å². The summed E-state index contributed by atoms with van der Waals surface area (Å²) < 4.78 is 8.44. The maximum atomic E-state index is 13.4. The van der Waals surface area contributed by atoms with Crippen molar-refractivity contribution in [3.8, 4) is 5.69 Å². The van der Waals surface area contributed by atoms with Crippen LogP contribution < -0.4 is 5.56 Å². The molecular formula is C24H21ClN6O4S. The number of halogens is 1. The number of fused-ring (bicyclic) bond motifs is 2. The fourth-order valence-electron chi connectivity index (χ4n) is 4.60. The fraction of sp³-hybridized carbons (Fsp3) is 0.292. The molecule has 0 bridgehead atoms. The van der Waals surface area contributed by atoms with Crippen molar-refractivity contribution in [2.75, 3.05) is 31.9 Å². The Bertz CT molecular complexity index is 1510. The second kappa shape index (κ2) is 9.14. The second-order valence-electron chi connectivity index (χ2n) is 8.66. The van der Waals surface area contributed by atoms with Crippen molar-refractivity contribution in [2.24, 2.45) is 0 Å². The third-order valence-electron chi connectivity index (χ3n) is 6.50. The standard InChI is InChI=1S/C24H21ClN6O4S/c25-15-3-5-16(6-4-15)31-21-18(13-26-31)22(33)30-17(14-36-24(30)27-21)12-20(32)28-7-9-29(10-8-28)23(34)19-2-1-11-35-19/h1-6,11,13,17H,7-10,12,14H2. The number of carbonyl (C=O) groups is 2. The van der Waals surface area contributed by atoms with E-state index in [-0.39, 0.29) is 29.8 Å². The Kier molecular flexibility index (Phi) is 5.81. The minimum Gasteiger partial charge on any atom is -0.459 e. The molecule has 6 rings (SSSR count). The second-order valence-corrected chi connectivity index (χ2v) is 10.1. The number of thioether (sulfide) groups is 1. The molecule has 1 fully saturated rings. The van der Waals surface area contributed by atoms with Crippen LogP contribution in [-0.2, 0) is 4.79 Å². The molecular weight excluding hydrogens is 504 g/mol. The zero-order chi connectivity index (χ0) is 24.8. The van der Waals surface area contributed by atoms with Crippen molar-refractivity contribution >= 4 is 46.2 Å². The molecule has 1 saturated heterocycles. The van der Waals surface area contributed by atoms with E-state index in [9.17, 15) is 14.4 Å².